The third-order valence-corrected chi connectivity index (χ3v) is 4.85. The predicted octanol–water partition coefficient (Wildman–Crippen LogP) is 3.08. The lowest BCUT2D eigenvalue weighted by atomic mass is 10.1. The predicted molar refractivity (Wildman–Crippen MR) is 97.4 cm³/mol. The summed E-state index contributed by atoms with van der Waals surface area (Å²) < 4.78 is 5.52. The van der Waals surface area contributed by atoms with Crippen LogP contribution in [0.3, 0.4) is 0 Å². The lowest BCUT2D eigenvalue weighted by molar-refractivity contribution is -0.115. The van der Waals surface area contributed by atoms with Crippen LogP contribution in [0.1, 0.15) is 25.3 Å². The van der Waals surface area contributed by atoms with Gasteiger partial charge in [0.2, 0.25) is 5.91 Å². The molecule has 1 unspecified atom stereocenters. The molecule has 1 aromatic heterocycles. The van der Waals surface area contributed by atoms with E-state index in [1.807, 2.05) is 5.38 Å². The molecule has 6 heteroatoms. The second-order valence-corrected chi connectivity index (χ2v) is 6.76. The number of ether oxygens (including phenoxy) is 1. The topological polar surface area (TPSA) is 63.2 Å². The van der Waals surface area contributed by atoms with Crippen molar-refractivity contribution < 1.29 is 9.53 Å². The Kier molecular flexibility index (Phi) is 5.96. The first-order valence-electron chi connectivity index (χ1n) is 8.41. The Bertz CT molecular complexity index is 663. The van der Waals surface area contributed by atoms with E-state index in [4.69, 9.17) is 4.74 Å². The molecule has 0 aliphatic carbocycles. The molecule has 0 saturated carbocycles. The highest BCUT2D eigenvalue weighted by Gasteiger charge is 2.15. The smallest absolute Gasteiger partial charge is 0.240 e. The first-order valence-corrected chi connectivity index (χ1v) is 9.29. The molecule has 1 atom stereocenters. The van der Waals surface area contributed by atoms with Crippen LogP contribution in [0, 0.1) is 0 Å². The van der Waals surface area contributed by atoms with Crippen molar-refractivity contribution in [2.24, 2.45) is 0 Å². The number of hydrogen-bond donors (Lipinski definition) is 2. The molecule has 3 rings (SSSR count). The van der Waals surface area contributed by atoms with Crippen molar-refractivity contribution in [2.45, 2.75) is 32.3 Å². The van der Waals surface area contributed by atoms with Crippen LogP contribution in [0.2, 0.25) is 0 Å². The van der Waals surface area contributed by atoms with Crippen molar-refractivity contribution in [3.63, 3.8) is 0 Å². The van der Waals surface area contributed by atoms with Gasteiger partial charge < -0.3 is 15.4 Å². The molecule has 2 heterocycles. The van der Waals surface area contributed by atoms with Crippen LogP contribution < -0.4 is 10.6 Å². The van der Waals surface area contributed by atoms with Crippen LogP contribution in [0.25, 0.3) is 11.3 Å². The molecule has 1 amide bonds. The molecule has 2 N–H and O–H groups in total. The molecule has 24 heavy (non-hydrogen) atoms. The van der Waals surface area contributed by atoms with Crippen LogP contribution in [-0.2, 0) is 16.0 Å². The average molecular weight is 345 g/mol. The van der Waals surface area contributed by atoms with E-state index in [0.29, 0.717) is 5.13 Å². The molecule has 1 saturated heterocycles. The molecule has 1 aliphatic heterocycles. The molecular weight excluding hydrogens is 322 g/mol. The lowest BCUT2D eigenvalue weighted by Gasteiger charge is -2.10. The molecule has 1 aliphatic rings. The van der Waals surface area contributed by atoms with Crippen LogP contribution in [0.15, 0.2) is 29.6 Å². The van der Waals surface area contributed by atoms with Crippen molar-refractivity contribution in [2.75, 3.05) is 25.0 Å². The molecule has 1 aromatic carbocycles. The Hall–Kier alpha value is -1.76. The van der Waals surface area contributed by atoms with Crippen molar-refractivity contribution >= 4 is 22.4 Å². The van der Waals surface area contributed by atoms with Gasteiger partial charge >= 0.3 is 0 Å². The minimum Gasteiger partial charge on any atom is -0.377 e. The Morgan fingerprint density at radius 1 is 1.38 bits per heavy atom. The zero-order valence-electron chi connectivity index (χ0n) is 13.9. The van der Waals surface area contributed by atoms with Crippen LogP contribution in [-0.4, -0.2) is 36.7 Å². The van der Waals surface area contributed by atoms with Crippen LogP contribution in [0.4, 0.5) is 5.13 Å². The van der Waals surface area contributed by atoms with E-state index in [1.165, 1.54) is 16.9 Å². The van der Waals surface area contributed by atoms with Crippen molar-refractivity contribution in [1.82, 2.24) is 10.3 Å². The van der Waals surface area contributed by atoms with Gasteiger partial charge in [-0.05, 0) is 24.8 Å². The Morgan fingerprint density at radius 2 is 2.21 bits per heavy atom. The van der Waals surface area contributed by atoms with E-state index in [1.54, 1.807) is 0 Å². The average Bonchev–Trinajstić information content (AvgIpc) is 3.27. The van der Waals surface area contributed by atoms with Gasteiger partial charge in [-0.1, -0.05) is 31.2 Å². The quantitative estimate of drug-likeness (QED) is 0.809. The van der Waals surface area contributed by atoms with E-state index in [-0.39, 0.29) is 18.6 Å². The maximum absolute atomic E-state index is 12.0. The minimum absolute atomic E-state index is 0.0739. The first kappa shape index (κ1) is 17.1. The number of thiazole rings is 1. The van der Waals surface area contributed by atoms with Gasteiger partial charge in [-0.25, -0.2) is 4.98 Å². The number of anilines is 1. The number of aromatic nitrogens is 1. The number of carbonyl (C=O) groups is 1. The van der Waals surface area contributed by atoms with Gasteiger partial charge in [0.15, 0.2) is 5.13 Å². The normalized spacial score (nSPS) is 17.1. The van der Waals surface area contributed by atoms with E-state index in [2.05, 4.69) is 46.8 Å². The van der Waals surface area contributed by atoms with Gasteiger partial charge in [-0.3, -0.25) is 4.79 Å². The monoisotopic (exact) mass is 345 g/mol. The largest absolute Gasteiger partial charge is 0.377 e. The van der Waals surface area contributed by atoms with Crippen molar-refractivity contribution in [1.29, 1.82) is 0 Å². The number of amides is 1. The number of nitrogens with one attached hydrogen (secondary N) is 2. The first-order chi connectivity index (χ1) is 11.7. The molecule has 1 fully saturated rings. The third kappa shape index (κ3) is 4.63. The number of aryl methyl sites for hydroxylation is 1. The van der Waals surface area contributed by atoms with Gasteiger partial charge in [0, 0.05) is 24.1 Å². The number of hydrogen-bond acceptors (Lipinski definition) is 5. The summed E-state index contributed by atoms with van der Waals surface area (Å²) >= 11 is 1.45. The van der Waals surface area contributed by atoms with Crippen LogP contribution in [0.5, 0.6) is 0 Å². The van der Waals surface area contributed by atoms with Gasteiger partial charge in [-0.15, -0.1) is 11.3 Å². The summed E-state index contributed by atoms with van der Waals surface area (Å²) in [5, 5.41) is 8.58. The van der Waals surface area contributed by atoms with Gasteiger partial charge in [0.05, 0.1) is 18.3 Å². The summed E-state index contributed by atoms with van der Waals surface area (Å²) in [4.78, 5) is 16.5. The summed E-state index contributed by atoms with van der Waals surface area (Å²) in [5.74, 6) is -0.0739. The summed E-state index contributed by atoms with van der Waals surface area (Å²) in [7, 11) is 0. The molecule has 2 aromatic rings. The van der Waals surface area contributed by atoms with Crippen molar-refractivity contribution in [3.8, 4) is 11.3 Å². The second kappa shape index (κ2) is 8.37. The highest BCUT2D eigenvalue weighted by atomic mass is 32.1. The number of rotatable bonds is 7. The van der Waals surface area contributed by atoms with E-state index in [9.17, 15) is 4.79 Å². The van der Waals surface area contributed by atoms with Gasteiger partial charge in [-0.2, -0.15) is 0 Å². The second-order valence-electron chi connectivity index (χ2n) is 5.90. The zero-order valence-corrected chi connectivity index (χ0v) is 14.7. The van der Waals surface area contributed by atoms with E-state index < -0.39 is 0 Å². The molecule has 5 nitrogen and oxygen atoms in total. The maximum atomic E-state index is 12.0. The fourth-order valence-electron chi connectivity index (χ4n) is 2.69. The highest BCUT2D eigenvalue weighted by molar-refractivity contribution is 7.14. The summed E-state index contributed by atoms with van der Waals surface area (Å²) in [6.45, 7) is 3.97. The van der Waals surface area contributed by atoms with Gasteiger partial charge in [0.25, 0.3) is 0 Å². The summed E-state index contributed by atoms with van der Waals surface area (Å²) in [6, 6.07) is 8.37. The Balaban J connectivity index is 1.48. The lowest BCUT2D eigenvalue weighted by Crippen LogP contribution is -2.33. The number of carbonyl (C=O) groups excluding carboxylic acids is 1. The third-order valence-electron chi connectivity index (χ3n) is 4.09. The molecular formula is C18H23N3O2S. The Labute approximate surface area is 146 Å². The minimum atomic E-state index is -0.0739. The summed E-state index contributed by atoms with van der Waals surface area (Å²) in [5.41, 5.74) is 3.27. The standard InChI is InChI=1S/C18H23N3O2S/c1-2-13-5-7-14(8-6-13)16-12-24-18(20-16)21-17(22)11-19-10-15-4-3-9-23-15/h5-8,12,15,19H,2-4,9-11H2,1H3,(H,20,21,22). The number of benzene rings is 1. The molecule has 128 valence electrons. The molecule has 0 bridgehead atoms. The van der Waals surface area contributed by atoms with E-state index >= 15 is 0 Å². The SMILES string of the molecule is CCc1ccc(-c2csc(NC(=O)CNCC3CCCO3)n2)cc1. The fraction of sp³-hybridized carbons (Fsp3) is 0.444. The summed E-state index contributed by atoms with van der Waals surface area (Å²) in [6.07, 6.45) is 3.45. The Morgan fingerprint density at radius 3 is 2.92 bits per heavy atom. The number of nitrogens with zero attached hydrogens (tertiary/aromatic N) is 1. The van der Waals surface area contributed by atoms with E-state index in [0.717, 1.165) is 43.7 Å². The molecule has 0 spiro atoms. The van der Waals surface area contributed by atoms with Gasteiger partial charge in [0.1, 0.15) is 0 Å². The fourth-order valence-corrected chi connectivity index (χ4v) is 3.43. The molecule has 0 radical (unpaired) electrons. The zero-order chi connectivity index (χ0) is 16.8. The van der Waals surface area contributed by atoms with Crippen molar-refractivity contribution in [3.05, 3.63) is 35.2 Å². The maximum Gasteiger partial charge on any atom is 0.240 e. The van der Waals surface area contributed by atoms with Crippen LogP contribution >= 0.6 is 11.3 Å². The highest BCUT2D eigenvalue weighted by Crippen LogP contribution is 2.25.